The van der Waals surface area contributed by atoms with Crippen LogP contribution in [0.3, 0.4) is 0 Å². The number of hydrogen-bond acceptors (Lipinski definition) is 1. The van der Waals surface area contributed by atoms with E-state index in [-0.39, 0.29) is 5.41 Å². The van der Waals surface area contributed by atoms with Gasteiger partial charge in [0.05, 0.1) is 0 Å². The van der Waals surface area contributed by atoms with Gasteiger partial charge in [-0.2, -0.15) is 0 Å². The zero-order chi connectivity index (χ0) is 18.4. The average Bonchev–Trinajstić information content (AvgIpc) is 2.52. The van der Waals surface area contributed by atoms with E-state index in [1.54, 1.807) is 11.1 Å². The lowest BCUT2D eigenvalue weighted by Crippen LogP contribution is -2.76. The van der Waals surface area contributed by atoms with Crippen molar-refractivity contribution in [2.75, 3.05) is 7.05 Å². The molecule has 1 aliphatic heterocycles. The van der Waals surface area contributed by atoms with Gasteiger partial charge in [0, 0.05) is 17.5 Å². The van der Waals surface area contributed by atoms with Gasteiger partial charge in [-0.05, 0) is 73.1 Å². The summed E-state index contributed by atoms with van der Waals surface area (Å²) in [6, 6.07) is 8.39. The van der Waals surface area contributed by atoms with Crippen LogP contribution in [-0.4, -0.2) is 24.0 Å². The van der Waals surface area contributed by atoms with Crippen LogP contribution in [0.4, 0.5) is 0 Å². The molecule has 3 aliphatic rings. The molecule has 138 valence electrons. The third-order valence-electron chi connectivity index (χ3n) is 9.27. The SMILES string of the molecule is Cc1cccc2c1[C@]13C(C)C(C)N(C)[C@H](C2C)C1(C)CCCC3(C)C. The Morgan fingerprint density at radius 2 is 1.72 bits per heavy atom. The molecule has 2 aliphatic carbocycles. The number of likely N-dealkylation sites (N-methyl/N-ethyl adjacent to an activating group) is 1. The number of aryl methyl sites for hydroxylation is 1. The number of rotatable bonds is 0. The van der Waals surface area contributed by atoms with Crippen LogP contribution in [0.15, 0.2) is 18.2 Å². The molecule has 0 amide bonds. The zero-order valence-electron chi connectivity index (χ0n) is 17.6. The van der Waals surface area contributed by atoms with Gasteiger partial charge in [0.15, 0.2) is 0 Å². The van der Waals surface area contributed by atoms with Crippen molar-refractivity contribution in [2.24, 2.45) is 16.7 Å². The number of nitrogens with zero attached hydrogens (tertiary/aromatic N) is 1. The van der Waals surface area contributed by atoms with Gasteiger partial charge in [-0.15, -0.1) is 0 Å². The molecule has 0 spiro atoms. The molecule has 2 bridgehead atoms. The standard InChI is InChI=1S/C24H37N/c1-15-11-9-12-19-16(2)21-23(7)14-10-13-22(5,6)24(23,20(15)19)17(3)18(4)25(21)8/h9,11-12,16-18,21H,10,13-14H2,1-8H3/t16?,17?,18?,21-,23?,24+/m1/s1. The highest BCUT2D eigenvalue weighted by molar-refractivity contribution is 5.52. The van der Waals surface area contributed by atoms with E-state index in [2.05, 4.69) is 78.6 Å². The summed E-state index contributed by atoms with van der Waals surface area (Å²) in [6.45, 7) is 17.8. The quantitative estimate of drug-likeness (QED) is 0.568. The van der Waals surface area contributed by atoms with Crippen LogP contribution in [0.1, 0.15) is 83.4 Å². The van der Waals surface area contributed by atoms with Crippen LogP contribution >= 0.6 is 0 Å². The Morgan fingerprint density at radius 3 is 2.40 bits per heavy atom. The summed E-state index contributed by atoms with van der Waals surface area (Å²) in [5.41, 5.74) is 5.89. The highest BCUT2D eigenvalue weighted by Gasteiger charge is 2.72. The molecular formula is C24H37N. The summed E-state index contributed by atoms with van der Waals surface area (Å²) in [4.78, 5) is 2.75. The Balaban J connectivity index is 2.17. The van der Waals surface area contributed by atoms with E-state index in [1.165, 1.54) is 24.8 Å². The highest BCUT2D eigenvalue weighted by Crippen LogP contribution is 2.73. The van der Waals surface area contributed by atoms with Crippen molar-refractivity contribution in [3.05, 3.63) is 34.9 Å². The average molecular weight is 340 g/mol. The van der Waals surface area contributed by atoms with Gasteiger partial charge in [-0.25, -0.2) is 0 Å². The lowest BCUT2D eigenvalue weighted by molar-refractivity contribution is -0.189. The largest absolute Gasteiger partial charge is 0.299 e. The summed E-state index contributed by atoms with van der Waals surface area (Å²) in [5.74, 6) is 1.28. The predicted octanol–water partition coefficient (Wildman–Crippen LogP) is 5.90. The second-order valence-corrected chi connectivity index (χ2v) is 10.4. The molecule has 2 fully saturated rings. The summed E-state index contributed by atoms with van der Waals surface area (Å²) < 4.78 is 0. The summed E-state index contributed by atoms with van der Waals surface area (Å²) in [7, 11) is 2.40. The molecule has 1 saturated carbocycles. The third-order valence-corrected chi connectivity index (χ3v) is 9.27. The monoisotopic (exact) mass is 339 g/mol. The van der Waals surface area contributed by atoms with Crippen molar-refractivity contribution in [3.63, 3.8) is 0 Å². The van der Waals surface area contributed by atoms with E-state index < -0.39 is 0 Å². The van der Waals surface area contributed by atoms with Crippen molar-refractivity contribution in [1.29, 1.82) is 0 Å². The molecule has 0 radical (unpaired) electrons. The van der Waals surface area contributed by atoms with E-state index in [9.17, 15) is 0 Å². The number of piperidine rings is 1. The second-order valence-electron chi connectivity index (χ2n) is 10.4. The van der Waals surface area contributed by atoms with E-state index in [1.807, 2.05) is 0 Å². The third kappa shape index (κ3) is 1.75. The molecule has 1 aromatic carbocycles. The molecule has 6 atom stereocenters. The Bertz CT molecular complexity index is 704. The molecule has 1 saturated heterocycles. The Hall–Kier alpha value is -0.820. The molecule has 1 heteroatoms. The van der Waals surface area contributed by atoms with Crippen molar-refractivity contribution in [1.82, 2.24) is 4.90 Å². The normalized spacial score (nSPS) is 45.6. The van der Waals surface area contributed by atoms with Crippen molar-refractivity contribution < 1.29 is 0 Å². The van der Waals surface area contributed by atoms with Gasteiger partial charge >= 0.3 is 0 Å². The minimum Gasteiger partial charge on any atom is -0.299 e. The molecule has 1 heterocycles. The molecule has 25 heavy (non-hydrogen) atoms. The fourth-order valence-electron chi connectivity index (χ4n) is 8.53. The number of likely N-dealkylation sites (tertiary alicyclic amines) is 1. The highest BCUT2D eigenvalue weighted by atomic mass is 15.2. The van der Waals surface area contributed by atoms with Crippen molar-refractivity contribution in [3.8, 4) is 0 Å². The maximum absolute atomic E-state index is 2.75. The van der Waals surface area contributed by atoms with Gasteiger partial charge in [0.1, 0.15) is 0 Å². The lowest BCUT2D eigenvalue weighted by atomic mass is 9.33. The van der Waals surface area contributed by atoms with Crippen LogP contribution in [0.25, 0.3) is 0 Å². The molecule has 0 N–H and O–H groups in total. The minimum absolute atomic E-state index is 0.280. The first-order chi connectivity index (χ1) is 11.6. The Kier molecular flexibility index (Phi) is 3.60. The van der Waals surface area contributed by atoms with Gasteiger partial charge in [0.25, 0.3) is 0 Å². The van der Waals surface area contributed by atoms with E-state index in [4.69, 9.17) is 0 Å². The van der Waals surface area contributed by atoms with Crippen molar-refractivity contribution >= 4 is 0 Å². The predicted molar refractivity (Wildman–Crippen MR) is 107 cm³/mol. The lowest BCUT2D eigenvalue weighted by Gasteiger charge is -2.75. The van der Waals surface area contributed by atoms with Crippen LogP contribution < -0.4 is 0 Å². The first-order valence-corrected chi connectivity index (χ1v) is 10.4. The summed E-state index contributed by atoms with van der Waals surface area (Å²) >= 11 is 0. The first-order valence-electron chi connectivity index (χ1n) is 10.4. The summed E-state index contributed by atoms with van der Waals surface area (Å²) in [5, 5.41) is 0. The zero-order valence-corrected chi connectivity index (χ0v) is 17.6. The number of hydrogen-bond donors (Lipinski definition) is 0. The van der Waals surface area contributed by atoms with E-state index >= 15 is 0 Å². The molecule has 4 unspecified atom stereocenters. The van der Waals surface area contributed by atoms with Gasteiger partial charge in [-0.1, -0.05) is 59.2 Å². The molecule has 1 aromatic rings. The van der Waals surface area contributed by atoms with Crippen LogP contribution in [0.5, 0.6) is 0 Å². The molecule has 4 rings (SSSR count). The molecular weight excluding hydrogens is 302 g/mol. The Morgan fingerprint density at radius 1 is 1.04 bits per heavy atom. The minimum atomic E-state index is 0.280. The van der Waals surface area contributed by atoms with Gasteiger partial charge in [-0.3, -0.25) is 4.90 Å². The maximum Gasteiger partial charge on any atom is 0.0224 e. The van der Waals surface area contributed by atoms with Crippen LogP contribution in [0, 0.1) is 23.7 Å². The number of fused-ring (bicyclic) bond motifs is 1. The van der Waals surface area contributed by atoms with Crippen LogP contribution in [-0.2, 0) is 5.41 Å². The molecule has 0 aromatic heterocycles. The fraction of sp³-hybridized carbons (Fsp3) is 0.750. The topological polar surface area (TPSA) is 3.24 Å². The van der Waals surface area contributed by atoms with Crippen molar-refractivity contribution in [2.45, 2.75) is 91.1 Å². The van der Waals surface area contributed by atoms with E-state index in [0.717, 1.165) is 0 Å². The van der Waals surface area contributed by atoms with E-state index in [0.29, 0.717) is 34.7 Å². The van der Waals surface area contributed by atoms with Gasteiger partial charge in [0.2, 0.25) is 0 Å². The first kappa shape index (κ1) is 17.6. The Labute approximate surface area is 155 Å². The smallest absolute Gasteiger partial charge is 0.0224 e. The summed E-state index contributed by atoms with van der Waals surface area (Å²) in [6.07, 6.45) is 4.11. The maximum atomic E-state index is 2.75. The number of benzene rings is 1. The fourth-order valence-corrected chi connectivity index (χ4v) is 8.53. The molecule has 1 nitrogen and oxygen atoms in total. The van der Waals surface area contributed by atoms with Crippen LogP contribution in [0.2, 0.25) is 0 Å². The second kappa shape index (κ2) is 5.12. The van der Waals surface area contributed by atoms with Gasteiger partial charge < -0.3 is 0 Å².